The van der Waals surface area contributed by atoms with Gasteiger partial charge in [-0.05, 0) is 23.8 Å². The molecule has 84 valence electrons. The highest BCUT2D eigenvalue weighted by Crippen LogP contribution is 2.28. The van der Waals surface area contributed by atoms with Gasteiger partial charge in [-0.15, -0.1) is 0 Å². The molecule has 4 heteroatoms. The standard InChI is InChI=1S/C13H12N4/c1-7-2-4-9-8(6-7)3-5-10-11(9)12(14)17-13(15)16-10/h2-6H,1H3,(H4,14,15,16,17). The Hall–Kier alpha value is -2.36. The summed E-state index contributed by atoms with van der Waals surface area (Å²) in [4.78, 5) is 8.21. The Balaban J connectivity index is 2.55. The van der Waals surface area contributed by atoms with Gasteiger partial charge in [0.1, 0.15) is 5.82 Å². The zero-order valence-corrected chi connectivity index (χ0v) is 9.44. The Labute approximate surface area is 98.3 Å². The van der Waals surface area contributed by atoms with Gasteiger partial charge in [0.2, 0.25) is 5.95 Å². The summed E-state index contributed by atoms with van der Waals surface area (Å²) < 4.78 is 0. The van der Waals surface area contributed by atoms with Gasteiger partial charge in [0, 0.05) is 0 Å². The predicted molar refractivity (Wildman–Crippen MR) is 70.6 cm³/mol. The van der Waals surface area contributed by atoms with Crippen molar-refractivity contribution in [2.24, 2.45) is 0 Å². The summed E-state index contributed by atoms with van der Waals surface area (Å²) in [5, 5.41) is 3.07. The van der Waals surface area contributed by atoms with E-state index in [0.29, 0.717) is 5.82 Å². The highest BCUT2D eigenvalue weighted by atomic mass is 15.0. The SMILES string of the molecule is Cc1ccc2c(ccc3nc(N)nc(N)c32)c1. The lowest BCUT2D eigenvalue weighted by Gasteiger charge is -2.07. The smallest absolute Gasteiger partial charge is 0.222 e. The number of rotatable bonds is 0. The van der Waals surface area contributed by atoms with Gasteiger partial charge in [0.25, 0.3) is 0 Å². The van der Waals surface area contributed by atoms with Crippen LogP contribution in [0.5, 0.6) is 0 Å². The van der Waals surface area contributed by atoms with E-state index in [4.69, 9.17) is 11.5 Å². The first-order valence-corrected chi connectivity index (χ1v) is 5.37. The van der Waals surface area contributed by atoms with Crippen LogP contribution in [0.25, 0.3) is 21.7 Å². The average Bonchev–Trinajstić information content (AvgIpc) is 2.28. The van der Waals surface area contributed by atoms with Crippen LogP contribution in [-0.4, -0.2) is 9.97 Å². The van der Waals surface area contributed by atoms with Crippen molar-refractivity contribution in [3.63, 3.8) is 0 Å². The third kappa shape index (κ3) is 1.45. The van der Waals surface area contributed by atoms with E-state index >= 15 is 0 Å². The van der Waals surface area contributed by atoms with E-state index in [9.17, 15) is 0 Å². The molecule has 0 aliphatic rings. The quantitative estimate of drug-likeness (QED) is 0.574. The van der Waals surface area contributed by atoms with Gasteiger partial charge in [0.05, 0.1) is 10.9 Å². The van der Waals surface area contributed by atoms with Gasteiger partial charge in [-0.1, -0.05) is 29.8 Å². The highest BCUT2D eigenvalue weighted by Gasteiger charge is 2.07. The number of anilines is 2. The summed E-state index contributed by atoms with van der Waals surface area (Å²) in [7, 11) is 0. The molecule has 0 unspecified atom stereocenters. The minimum absolute atomic E-state index is 0.210. The highest BCUT2D eigenvalue weighted by molar-refractivity contribution is 6.11. The topological polar surface area (TPSA) is 77.8 Å². The van der Waals surface area contributed by atoms with Crippen LogP contribution in [0.1, 0.15) is 5.56 Å². The second-order valence-corrected chi connectivity index (χ2v) is 4.15. The number of aromatic nitrogens is 2. The summed E-state index contributed by atoms with van der Waals surface area (Å²) in [5.74, 6) is 0.642. The van der Waals surface area contributed by atoms with Crippen molar-refractivity contribution in [2.45, 2.75) is 6.92 Å². The molecule has 0 atom stereocenters. The number of nitrogens with two attached hydrogens (primary N) is 2. The normalized spacial score (nSPS) is 11.1. The first kappa shape index (κ1) is 9.84. The van der Waals surface area contributed by atoms with E-state index in [0.717, 1.165) is 21.7 Å². The average molecular weight is 224 g/mol. The van der Waals surface area contributed by atoms with Crippen molar-refractivity contribution in [1.82, 2.24) is 9.97 Å². The molecule has 3 aromatic rings. The number of hydrogen-bond acceptors (Lipinski definition) is 4. The molecule has 2 aromatic carbocycles. The number of benzene rings is 2. The second-order valence-electron chi connectivity index (χ2n) is 4.15. The number of hydrogen-bond donors (Lipinski definition) is 2. The monoisotopic (exact) mass is 224 g/mol. The fourth-order valence-corrected chi connectivity index (χ4v) is 2.13. The molecular formula is C13H12N4. The molecule has 4 N–H and O–H groups in total. The summed E-state index contributed by atoms with van der Waals surface area (Å²) >= 11 is 0. The van der Waals surface area contributed by atoms with Gasteiger partial charge in [-0.25, -0.2) is 4.98 Å². The first-order chi connectivity index (χ1) is 8.15. The molecule has 0 aliphatic carbocycles. The Bertz CT molecular complexity index is 734. The van der Waals surface area contributed by atoms with Gasteiger partial charge in [-0.2, -0.15) is 4.98 Å². The van der Waals surface area contributed by atoms with Crippen molar-refractivity contribution in [1.29, 1.82) is 0 Å². The van der Waals surface area contributed by atoms with Crippen LogP contribution in [0.2, 0.25) is 0 Å². The van der Waals surface area contributed by atoms with E-state index in [1.165, 1.54) is 5.56 Å². The minimum atomic E-state index is 0.210. The number of aryl methyl sites for hydroxylation is 1. The first-order valence-electron chi connectivity index (χ1n) is 5.37. The second kappa shape index (κ2) is 3.31. The van der Waals surface area contributed by atoms with Gasteiger partial charge in [-0.3, -0.25) is 0 Å². The minimum Gasteiger partial charge on any atom is -0.383 e. The third-order valence-electron chi connectivity index (χ3n) is 2.88. The summed E-state index contributed by atoms with van der Waals surface area (Å²) in [6.07, 6.45) is 0. The summed E-state index contributed by atoms with van der Waals surface area (Å²) in [6.45, 7) is 2.06. The molecule has 17 heavy (non-hydrogen) atoms. The molecule has 0 saturated carbocycles. The van der Waals surface area contributed by atoms with E-state index in [1.54, 1.807) is 0 Å². The third-order valence-corrected chi connectivity index (χ3v) is 2.88. The predicted octanol–water partition coefficient (Wildman–Crippen LogP) is 2.26. The summed E-state index contributed by atoms with van der Waals surface area (Å²) in [6, 6.07) is 10.2. The molecule has 0 fully saturated rings. The molecule has 0 bridgehead atoms. The fraction of sp³-hybridized carbons (Fsp3) is 0.0769. The van der Waals surface area contributed by atoms with Gasteiger partial charge < -0.3 is 11.5 Å². The van der Waals surface area contributed by atoms with Gasteiger partial charge >= 0.3 is 0 Å². The molecule has 0 radical (unpaired) electrons. The van der Waals surface area contributed by atoms with E-state index in [-0.39, 0.29) is 5.95 Å². The Morgan fingerprint density at radius 2 is 1.82 bits per heavy atom. The van der Waals surface area contributed by atoms with Crippen LogP contribution in [0.3, 0.4) is 0 Å². The molecule has 1 heterocycles. The zero-order valence-electron chi connectivity index (χ0n) is 9.44. The van der Waals surface area contributed by atoms with Crippen molar-refractivity contribution in [3.8, 4) is 0 Å². The molecule has 1 aromatic heterocycles. The lowest BCUT2D eigenvalue weighted by molar-refractivity contribution is 1.25. The van der Waals surface area contributed by atoms with Crippen molar-refractivity contribution >= 4 is 33.4 Å². The van der Waals surface area contributed by atoms with Gasteiger partial charge in [0.15, 0.2) is 0 Å². The molecule has 0 aliphatic heterocycles. The van der Waals surface area contributed by atoms with Crippen molar-refractivity contribution in [2.75, 3.05) is 11.5 Å². The van der Waals surface area contributed by atoms with E-state index in [2.05, 4.69) is 29.0 Å². The molecular weight excluding hydrogens is 212 g/mol. The van der Waals surface area contributed by atoms with Crippen LogP contribution in [0.4, 0.5) is 11.8 Å². The maximum absolute atomic E-state index is 5.93. The summed E-state index contributed by atoms with van der Waals surface area (Å²) in [5.41, 5.74) is 13.5. The van der Waals surface area contributed by atoms with E-state index in [1.807, 2.05) is 18.2 Å². The molecule has 0 amide bonds. The fourth-order valence-electron chi connectivity index (χ4n) is 2.13. The Morgan fingerprint density at radius 1 is 1.00 bits per heavy atom. The molecule has 0 spiro atoms. The Kier molecular flexibility index (Phi) is 1.92. The molecule has 0 saturated heterocycles. The van der Waals surface area contributed by atoms with Crippen LogP contribution >= 0.6 is 0 Å². The van der Waals surface area contributed by atoms with Crippen molar-refractivity contribution in [3.05, 3.63) is 35.9 Å². The number of nitrogen functional groups attached to an aromatic ring is 2. The lowest BCUT2D eigenvalue weighted by atomic mass is 10.0. The van der Waals surface area contributed by atoms with Crippen LogP contribution in [0.15, 0.2) is 30.3 Å². The van der Waals surface area contributed by atoms with Crippen LogP contribution in [0, 0.1) is 6.92 Å². The molecule has 4 nitrogen and oxygen atoms in total. The van der Waals surface area contributed by atoms with Crippen LogP contribution in [-0.2, 0) is 0 Å². The number of fused-ring (bicyclic) bond motifs is 3. The maximum atomic E-state index is 5.93. The van der Waals surface area contributed by atoms with E-state index < -0.39 is 0 Å². The molecule has 3 rings (SSSR count). The Morgan fingerprint density at radius 3 is 2.65 bits per heavy atom. The maximum Gasteiger partial charge on any atom is 0.222 e. The van der Waals surface area contributed by atoms with Crippen LogP contribution < -0.4 is 11.5 Å². The number of nitrogens with zero attached hydrogens (tertiary/aromatic N) is 2. The largest absolute Gasteiger partial charge is 0.383 e. The lowest BCUT2D eigenvalue weighted by Crippen LogP contribution is -2.00. The van der Waals surface area contributed by atoms with Crippen molar-refractivity contribution < 1.29 is 0 Å². The zero-order chi connectivity index (χ0) is 12.0.